The molecule has 1 N–H and O–H groups in total. The van der Waals surface area contributed by atoms with E-state index in [0.29, 0.717) is 21.0 Å². The van der Waals surface area contributed by atoms with E-state index in [0.717, 1.165) is 23.5 Å². The molecule has 5 nitrogen and oxygen atoms in total. The third-order valence-corrected chi connectivity index (χ3v) is 4.80. The number of carbonyl (C=O) groups excluding carboxylic acids is 1. The molecule has 1 amide bonds. The lowest BCUT2D eigenvalue weighted by Crippen LogP contribution is -2.35. The molecule has 0 bridgehead atoms. The number of halogens is 4. The van der Waals surface area contributed by atoms with Crippen LogP contribution < -0.4 is 10.0 Å². The Morgan fingerprint density at radius 2 is 2.07 bits per heavy atom. The van der Waals surface area contributed by atoms with Crippen molar-refractivity contribution in [1.82, 2.24) is 10.3 Å². The van der Waals surface area contributed by atoms with Crippen molar-refractivity contribution in [2.45, 2.75) is 12.7 Å². The molecule has 0 aliphatic rings. The Labute approximate surface area is 160 Å². The lowest BCUT2D eigenvalue weighted by molar-refractivity contribution is -0.614. The van der Waals surface area contributed by atoms with E-state index in [4.69, 9.17) is 11.6 Å². The molecule has 2 aromatic heterocycles. The molecule has 10 heteroatoms. The highest BCUT2D eigenvalue weighted by Crippen LogP contribution is 2.37. The fourth-order valence-corrected chi connectivity index (χ4v) is 3.34. The van der Waals surface area contributed by atoms with Gasteiger partial charge in [0.05, 0.1) is 10.6 Å². The zero-order valence-corrected chi connectivity index (χ0v) is 15.0. The van der Waals surface area contributed by atoms with Gasteiger partial charge in [0, 0.05) is 23.1 Å². The summed E-state index contributed by atoms with van der Waals surface area (Å²) >= 11 is 6.81. The maximum atomic E-state index is 12.8. The molecular formula is C17H11ClF3N3O2S. The minimum absolute atomic E-state index is 0.0160. The maximum absolute atomic E-state index is 12.8. The van der Waals surface area contributed by atoms with Crippen molar-refractivity contribution in [3.05, 3.63) is 75.2 Å². The Kier molecular flexibility index (Phi) is 5.33. The van der Waals surface area contributed by atoms with E-state index in [9.17, 15) is 23.2 Å². The summed E-state index contributed by atoms with van der Waals surface area (Å²) in [4.78, 5) is 16.3. The normalized spacial score (nSPS) is 11.4. The highest BCUT2D eigenvalue weighted by atomic mass is 35.5. The number of carbonyl (C=O) groups is 1. The fraction of sp³-hybridized carbons (Fsp3) is 0.118. The van der Waals surface area contributed by atoms with Crippen LogP contribution in [0.2, 0.25) is 5.02 Å². The molecule has 1 aromatic carbocycles. The third-order valence-electron chi connectivity index (χ3n) is 3.59. The maximum Gasteiger partial charge on any atom is 0.417 e. The van der Waals surface area contributed by atoms with Gasteiger partial charge in [-0.2, -0.15) is 17.9 Å². The molecular weight excluding hydrogens is 403 g/mol. The van der Waals surface area contributed by atoms with E-state index in [1.165, 1.54) is 17.6 Å². The van der Waals surface area contributed by atoms with E-state index in [-0.39, 0.29) is 12.2 Å². The molecule has 0 atom stereocenters. The first-order valence-electron chi connectivity index (χ1n) is 7.53. The smallest absolute Gasteiger partial charge is 0.417 e. The van der Waals surface area contributed by atoms with Gasteiger partial charge in [-0.15, -0.1) is 11.3 Å². The van der Waals surface area contributed by atoms with Crippen LogP contribution in [0.25, 0.3) is 10.6 Å². The quantitative estimate of drug-likeness (QED) is 0.518. The zero-order chi connectivity index (χ0) is 19.6. The van der Waals surface area contributed by atoms with Crippen LogP contribution in [0.3, 0.4) is 0 Å². The van der Waals surface area contributed by atoms with Gasteiger partial charge in [-0.25, -0.2) is 4.98 Å². The van der Waals surface area contributed by atoms with Crippen LogP contribution in [-0.4, -0.2) is 10.9 Å². The summed E-state index contributed by atoms with van der Waals surface area (Å²) in [5.41, 5.74) is -0.107. The topological polar surface area (TPSA) is 68.9 Å². The molecule has 0 aliphatic carbocycles. The molecule has 0 saturated carbocycles. The van der Waals surface area contributed by atoms with Crippen molar-refractivity contribution in [1.29, 1.82) is 0 Å². The number of aromatic nitrogens is 2. The van der Waals surface area contributed by atoms with Crippen LogP contribution in [-0.2, 0) is 12.7 Å². The van der Waals surface area contributed by atoms with E-state index in [1.807, 2.05) is 0 Å². The summed E-state index contributed by atoms with van der Waals surface area (Å²) in [5, 5.41) is 15.5. The Bertz CT molecular complexity index is 992. The number of rotatable bonds is 4. The lowest BCUT2D eigenvalue weighted by atomic mass is 10.1. The van der Waals surface area contributed by atoms with E-state index in [2.05, 4.69) is 10.3 Å². The van der Waals surface area contributed by atoms with Gasteiger partial charge in [0.25, 0.3) is 5.91 Å². The Morgan fingerprint density at radius 1 is 1.30 bits per heavy atom. The van der Waals surface area contributed by atoms with Gasteiger partial charge < -0.3 is 10.5 Å². The molecule has 140 valence electrons. The Hall–Kier alpha value is -2.65. The Balaban J connectivity index is 1.74. The summed E-state index contributed by atoms with van der Waals surface area (Å²) in [5.74, 6) is -0.501. The van der Waals surface area contributed by atoms with Gasteiger partial charge in [-0.3, -0.25) is 4.79 Å². The summed E-state index contributed by atoms with van der Waals surface area (Å²) in [6.07, 6.45) is -3.23. The second-order valence-electron chi connectivity index (χ2n) is 5.43. The number of nitrogens with zero attached hydrogens (tertiary/aromatic N) is 2. The van der Waals surface area contributed by atoms with E-state index < -0.39 is 22.7 Å². The molecule has 0 unspecified atom stereocenters. The predicted octanol–water partition coefficient (Wildman–Crippen LogP) is 4.05. The van der Waals surface area contributed by atoms with Gasteiger partial charge in [-0.05, 0) is 18.2 Å². The van der Waals surface area contributed by atoms with Gasteiger partial charge in [-0.1, -0.05) is 17.7 Å². The summed E-state index contributed by atoms with van der Waals surface area (Å²) in [7, 11) is 0. The fourth-order valence-electron chi connectivity index (χ4n) is 2.25. The molecule has 0 aliphatic heterocycles. The highest BCUT2D eigenvalue weighted by Gasteiger charge is 2.33. The zero-order valence-electron chi connectivity index (χ0n) is 13.5. The molecule has 2 heterocycles. The standard InChI is InChI=1S/C17H11ClF3N3O2S/c18-13-7-10(4-5-12(13)17(19,20)21)16-23-14(9-27-16)15(25)22-8-11-3-1-2-6-24(11)26/h1-7,9H,8H2,(H,22,25). The largest absolute Gasteiger partial charge is 0.618 e. The summed E-state index contributed by atoms with van der Waals surface area (Å²) in [6, 6.07) is 8.10. The average Bonchev–Trinajstić information content (AvgIpc) is 3.10. The van der Waals surface area contributed by atoms with Crippen molar-refractivity contribution in [3.8, 4) is 10.6 Å². The van der Waals surface area contributed by atoms with Crippen molar-refractivity contribution in [3.63, 3.8) is 0 Å². The number of hydrogen-bond acceptors (Lipinski definition) is 4. The van der Waals surface area contributed by atoms with Gasteiger partial charge >= 0.3 is 6.18 Å². The SMILES string of the molecule is O=C(NCc1cccc[n+]1[O-])c1csc(-c2ccc(C(F)(F)F)c(Cl)c2)n1. The first-order chi connectivity index (χ1) is 12.8. The third kappa shape index (κ3) is 4.37. The minimum Gasteiger partial charge on any atom is -0.618 e. The van der Waals surface area contributed by atoms with Crippen molar-refractivity contribution in [2.24, 2.45) is 0 Å². The molecule has 0 saturated heterocycles. The van der Waals surface area contributed by atoms with E-state index in [1.54, 1.807) is 18.2 Å². The minimum atomic E-state index is -4.54. The van der Waals surface area contributed by atoms with Crippen LogP contribution in [0.4, 0.5) is 13.2 Å². The Morgan fingerprint density at radius 3 is 2.74 bits per heavy atom. The van der Waals surface area contributed by atoms with Crippen molar-refractivity contribution < 1.29 is 22.7 Å². The van der Waals surface area contributed by atoms with Gasteiger partial charge in [0.15, 0.2) is 6.20 Å². The first kappa shape index (κ1) is 19.1. The summed E-state index contributed by atoms with van der Waals surface area (Å²) in [6.45, 7) is 0.0160. The van der Waals surface area contributed by atoms with Gasteiger partial charge in [0.1, 0.15) is 17.2 Å². The number of amides is 1. The number of pyridine rings is 1. The molecule has 0 spiro atoms. The van der Waals surface area contributed by atoms with Crippen LogP contribution in [0, 0.1) is 5.21 Å². The number of nitrogens with one attached hydrogen (secondary N) is 1. The summed E-state index contributed by atoms with van der Waals surface area (Å²) < 4.78 is 39.0. The monoisotopic (exact) mass is 413 g/mol. The van der Waals surface area contributed by atoms with Crippen LogP contribution in [0.1, 0.15) is 21.7 Å². The second kappa shape index (κ2) is 7.53. The van der Waals surface area contributed by atoms with Crippen LogP contribution in [0.15, 0.2) is 48.0 Å². The molecule has 0 radical (unpaired) electrons. The average molecular weight is 414 g/mol. The molecule has 3 rings (SSSR count). The predicted molar refractivity (Wildman–Crippen MR) is 94.1 cm³/mol. The first-order valence-corrected chi connectivity index (χ1v) is 8.79. The number of thiazole rings is 1. The molecule has 0 fully saturated rings. The number of alkyl halides is 3. The van der Waals surface area contributed by atoms with E-state index >= 15 is 0 Å². The van der Waals surface area contributed by atoms with Crippen molar-refractivity contribution in [2.75, 3.05) is 0 Å². The molecule has 3 aromatic rings. The van der Waals surface area contributed by atoms with Crippen LogP contribution >= 0.6 is 22.9 Å². The molecule has 27 heavy (non-hydrogen) atoms. The number of benzene rings is 1. The lowest BCUT2D eigenvalue weighted by Gasteiger charge is -2.09. The highest BCUT2D eigenvalue weighted by molar-refractivity contribution is 7.13. The number of hydrogen-bond donors (Lipinski definition) is 1. The second-order valence-corrected chi connectivity index (χ2v) is 6.70. The van der Waals surface area contributed by atoms with Gasteiger partial charge in [0.2, 0.25) is 5.69 Å². The van der Waals surface area contributed by atoms with Crippen molar-refractivity contribution >= 4 is 28.8 Å². The van der Waals surface area contributed by atoms with Crippen LogP contribution in [0.5, 0.6) is 0 Å².